The number of thiophene rings is 1. The summed E-state index contributed by atoms with van der Waals surface area (Å²) in [6.45, 7) is 5.21. The predicted molar refractivity (Wildman–Crippen MR) is 66.3 cm³/mol. The van der Waals surface area contributed by atoms with Crippen LogP contribution in [0.25, 0.3) is 0 Å². The van der Waals surface area contributed by atoms with E-state index in [4.69, 9.17) is 5.26 Å². The highest BCUT2D eigenvalue weighted by Gasteiger charge is 2.17. The van der Waals surface area contributed by atoms with E-state index in [2.05, 4.69) is 18.3 Å². The fraction of sp³-hybridized carbons (Fsp3) is 0.583. The van der Waals surface area contributed by atoms with Gasteiger partial charge in [-0.2, -0.15) is 5.26 Å². The molecule has 2 N–H and O–H groups in total. The second kappa shape index (κ2) is 6.00. The average Bonchev–Trinajstić information content (AvgIpc) is 2.65. The lowest BCUT2D eigenvalue weighted by Crippen LogP contribution is -2.37. The molecule has 0 fully saturated rings. The van der Waals surface area contributed by atoms with E-state index in [0.29, 0.717) is 13.1 Å². The van der Waals surface area contributed by atoms with E-state index in [-0.39, 0.29) is 0 Å². The van der Waals surface area contributed by atoms with Crippen LogP contribution in [0.15, 0.2) is 12.1 Å². The summed E-state index contributed by atoms with van der Waals surface area (Å²) in [4.78, 5) is 1.86. The highest BCUT2D eigenvalue weighted by atomic mass is 32.1. The van der Waals surface area contributed by atoms with Gasteiger partial charge in [-0.1, -0.05) is 13.3 Å². The lowest BCUT2D eigenvalue weighted by Gasteiger charge is -2.22. The minimum absolute atomic E-state index is 0.584. The van der Waals surface area contributed by atoms with E-state index < -0.39 is 5.60 Å². The first-order valence-electron chi connectivity index (χ1n) is 5.49. The quantitative estimate of drug-likeness (QED) is 0.799. The number of hydrogen-bond acceptors (Lipinski definition) is 4. The van der Waals surface area contributed by atoms with Gasteiger partial charge < -0.3 is 10.4 Å². The van der Waals surface area contributed by atoms with Gasteiger partial charge in [-0.3, -0.25) is 0 Å². The van der Waals surface area contributed by atoms with Gasteiger partial charge in [-0.15, -0.1) is 11.3 Å². The zero-order valence-corrected chi connectivity index (χ0v) is 10.6. The number of nitrogens with zero attached hydrogens (tertiary/aromatic N) is 1. The Morgan fingerprint density at radius 3 is 2.88 bits per heavy atom. The first kappa shape index (κ1) is 13.2. The Kier molecular flexibility index (Phi) is 4.94. The normalized spacial score (nSPS) is 14.4. The van der Waals surface area contributed by atoms with Crippen LogP contribution in [0.2, 0.25) is 0 Å². The Morgan fingerprint density at radius 2 is 2.31 bits per heavy atom. The summed E-state index contributed by atoms with van der Waals surface area (Å²) in [5, 5.41) is 21.8. The summed E-state index contributed by atoms with van der Waals surface area (Å²) in [7, 11) is 0. The van der Waals surface area contributed by atoms with Crippen molar-refractivity contribution in [3.05, 3.63) is 21.9 Å². The van der Waals surface area contributed by atoms with Crippen LogP contribution in [0.5, 0.6) is 0 Å². The van der Waals surface area contributed by atoms with Crippen LogP contribution < -0.4 is 5.32 Å². The molecule has 0 radical (unpaired) electrons. The van der Waals surface area contributed by atoms with Gasteiger partial charge in [0.15, 0.2) is 0 Å². The summed E-state index contributed by atoms with van der Waals surface area (Å²) in [6, 6.07) is 5.89. The van der Waals surface area contributed by atoms with Crippen LogP contribution in [-0.2, 0) is 6.54 Å². The highest BCUT2D eigenvalue weighted by Crippen LogP contribution is 2.15. The predicted octanol–water partition coefficient (Wildman–Crippen LogP) is 2.26. The minimum atomic E-state index is -0.635. The maximum Gasteiger partial charge on any atom is 0.110 e. The zero-order valence-electron chi connectivity index (χ0n) is 9.79. The molecule has 4 heteroatoms. The molecule has 88 valence electrons. The third-order valence-corrected chi connectivity index (χ3v) is 3.36. The van der Waals surface area contributed by atoms with Gasteiger partial charge in [-0.25, -0.2) is 0 Å². The van der Waals surface area contributed by atoms with Crippen LogP contribution in [-0.4, -0.2) is 17.3 Å². The van der Waals surface area contributed by atoms with Crippen molar-refractivity contribution in [1.29, 1.82) is 5.26 Å². The van der Waals surface area contributed by atoms with Gasteiger partial charge in [0, 0.05) is 18.0 Å². The lowest BCUT2D eigenvalue weighted by molar-refractivity contribution is 0.0498. The molecular formula is C12H18N2OS. The van der Waals surface area contributed by atoms with Gasteiger partial charge in [0.2, 0.25) is 0 Å². The zero-order chi connectivity index (χ0) is 12.0. The summed E-state index contributed by atoms with van der Waals surface area (Å²) < 4.78 is 0. The summed E-state index contributed by atoms with van der Waals surface area (Å²) >= 11 is 1.49. The van der Waals surface area contributed by atoms with Crippen molar-refractivity contribution in [2.75, 3.05) is 6.54 Å². The smallest absolute Gasteiger partial charge is 0.110 e. The van der Waals surface area contributed by atoms with Crippen molar-refractivity contribution in [3.8, 4) is 6.07 Å². The standard InChI is InChI=1S/C12H18N2OS/c1-3-6-12(2,15)9-14-8-11-5-4-10(7-13)16-11/h4-5,14-15H,3,6,8-9H2,1-2H3. The van der Waals surface area contributed by atoms with Crippen molar-refractivity contribution in [2.24, 2.45) is 0 Å². The van der Waals surface area contributed by atoms with Crippen LogP contribution in [0, 0.1) is 11.3 Å². The molecule has 0 aliphatic carbocycles. The average molecular weight is 238 g/mol. The number of nitriles is 1. The number of hydrogen-bond donors (Lipinski definition) is 2. The Hall–Kier alpha value is -0.890. The fourth-order valence-electron chi connectivity index (χ4n) is 1.61. The van der Waals surface area contributed by atoms with Gasteiger partial charge in [0.25, 0.3) is 0 Å². The van der Waals surface area contributed by atoms with Gasteiger partial charge in [-0.05, 0) is 25.5 Å². The molecule has 0 bridgehead atoms. The molecule has 1 heterocycles. The second-order valence-corrected chi connectivity index (χ2v) is 5.40. The van der Waals surface area contributed by atoms with Crippen molar-refractivity contribution < 1.29 is 5.11 Å². The molecule has 0 saturated carbocycles. The maximum atomic E-state index is 9.93. The number of aliphatic hydroxyl groups is 1. The highest BCUT2D eigenvalue weighted by molar-refractivity contribution is 7.12. The molecule has 0 amide bonds. The van der Waals surface area contributed by atoms with Crippen molar-refractivity contribution >= 4 is 11.3 Å². The van der Waals surface area contributed by atoms with E-state index in [1.807, 2.05) is 19.1 Å². The first-order valence-corrected chi connectivity index (χ1v) is 6.31. The lowest BCUT2D eigenvalue weighted by atomic mass is 10.0. The number of nitrogens with one attached hydrogen (secondary N) is 1. The van der Waals surface area contributed by atoms with Crippen LogP contribution in [0.3, 0.4) is 0 Å². The molecule has 1 unspecified atom stereocenters. The SMILES string of the molecule is CCCC(C)(O)CNCc1ccc(C#N)s1. The molecule has 1 atom stereocenters. The van der Waals surface area contributed by atoms with Crippen LogP contribution in [0.4, 0.5) is 0 Å². The van der Waals surface area contributed by atoms with Gasteiger partial charge in [0.1, 0.15) is 10.9 Å². The molecule has 1 aromatic rings. The topological polar surface area (TPSA) is 56.0 Å². The molecule has 1 rings (SSSR count). The summed E-state index contributed by atoms with van der Waals surface area (Å²) in [6.07, 6.45) is 1.78. The molecule has 1 aromatic heterocycles. The van der Waals surface area contributed by atoms with Crippen LogP contribution in [0.1, 0.15) is 36.4 Å². The Labute approximate surface area is 101 Å². The molecule has 0 saturated heterocycles. The maximum absolute atomic E-state index is 9.93. The van der Waals surface area contributed by atoms with E-state index in [1.165, 1.54) is 11.3 Å². The van der Waals surface area contributed by atoms with E-state index in [1.54, 1.807) is 0 Å². The van der Waals surface area contributed by atoms with Crippen molar-refractivity contribution in [1.82, 2.24) is 5.32 Å². The third kappa shape index (κ3) is 4.31. The van der Waals surface area contributed by atoms with Crippen molar-refractivity contribution in [2.45, 2.75) is 38.8 Å². The molecule has 16 heavy (non-hydrogen) atoms. The first-order chi connectivity index (χ1) is 7.57. The Bertz CT molecular complexity index is 365. The van der Waals surface area contributed by atoms with E-state index in [0.717, 1.165) is 22.6 Å². The van der Waals surface area contributed by atoms with Gasteiger partial charge >= 0.3 is 0 Å². The fourth-order valence-corrected chi connectivity index (χ4v) is 2.39. The van der Waals surface area contributed by atoms with Crippen molar-refractivity contribution in [3.63, 3.8) is 0 Å². The molecule has 0 aromatic carbocycles. The number of rotatable bonds is 6. The third-order valence-electron chi connectivity index (χ3n) is 2.37. The molecule has 3 nitrogen and oxygen atoms in total. The monoisotopic (exact) mass is 238 g/mol. The molecule has 0 aliphatic rings. The molecule has 0 aliphatic heterocycles. The van der Waals surface area contributed by atoms with E-state index >= 15 is 0 Å². The Morgan fingerprint density at radius 1 is 1.56 bits per heavy atom. The summed E-state index contributed by atoms with van der Waals surface area (Å²) in [5.41, 5.74) is -0.635. The largest absolute Gasteiger partial charge is 0.389 e. The van der Waals surface area contributed by atoms with Crippen LogP contribution >= 0.6 is 11.3 Å². The summed E-state index contributed by atoms with van der Waals surface area (Å²) in [5.74, 6) is 0. The molecule has 0 spiro atoms. The second-order valence-electron chi connectivity index (χ2n) is 4.23. The molecular weight excluding hydrogens is 220 g/mol. The minimum Gasteiger partial charge on any atom is -0.389 e. The Balaban J connectivity index is 2.33. The van der Waals surface area contributed by atoms with E-state index in [9.17, 15) is 5.11 Å². The van der Waals surface area contributed by atoms with Gasteiger partial charge in [0.05, 0.1) is 5.60 Å².